The topological polar surface area (TPSA) is 308 Å². The van der Waals surface area contributed by atoms with Crippen LogP contribution in [0.2, 0.25) is 0 Å². The predicted octanol–water partition coefficient (Wildman–Crippen LogP) is 4.68. The van der Waals surface area contributed by atoms with Gasteiger partial charge in [-0.25, -0.2) is 0 Å². The van der Waals surface area contributed by atoms with Crippen LogP contribution in [-0.2, 0) is 71.5 Å². The molecule has 0 saturated heterocycles. The van der Waals surface area contributed by atoms with Crippen LogP contribution in [0.4, 0.5) is 0 Å². The zero-order chi connectivity index (χ0) is 67.2. The molecule has 0 spiro atoms. The Labute approximate surface area is 545 Å². The van der Waals surface area contributed by atoms with Crippen molar-refractivity contribution in [1.82, 2.24) is 94.6 Å². The quantitative estimate of drug-likeness (QED) is 0.125. The fraction of sp³-hybridized carbons (Fsp3) is 0.403. The third-order valence-corrected chi connectivity index (χ3v) is 16.6. The van der Waals surface area contributed by atoms with Crippen molar-refractivity contribution in [2.45, 2.75) is 140 Å². The van der Waals surface area contributed by atoms with E-state index in [0.29, 0.717) is 108 Å². The Bertz CT molecular complexity index is 4070. The lowest BCUT2D eigenvalue weighted by molar-refractivity contribution is -0.134. The molecule has 0 unspecified atom stereocenters. The first-order chi connectivity index (χ1) is 45.1. The maximum absolute atomic E-state index is 12.6. The lowest BCUT2D eigenvalue weighted by atomic mass is 10.0. The van der Waals surface area contributed by atoms with E-state index >= 15 is 0 Å². The van der Waals surface area contributed by atoms with Crippen LogP contribution in [0.1, 0.15) is 136 Å². The standard InChI is InChI=1S/C18H22N4O2.C17H21N5O2.2C16H19N5O2/c1-13-5-3-6-15(11-13)16(23)7-4-8-18(24)21-9-10-22-14(2)19-20-17(22)12-21;1-11-5-4-6-14(9-11)16(23)18-12(2)17(24)21-7-8-22-13(3)19-20-15(22)10-21;1-11-3-5-13(6-4-11)16(23)17-9-15(22)20-7-8-21-12(2)18-19-14(21)10-20;1-11-4-3-5-13(8-11)16(23)17-9-15(22)20-6-7-21-12(2)18-19-14(21)10-20/h3,5-6,11H,4,7-10,12H2,1-2H3;4-6,9,12H,7-8,10H2,1-3H3,(H,18,23);3-6H,7-10H2,1-2H3,(H,17,23);3-5,8H,6-7,9-10H2,1-2H3,(H,17,23)/t;12-;;/m.0../s1. The number of amides is 7. The van der Waals surface area contributed by atoms with Gasteiger partial charge in [0, 0.05) is 87.5 Å². The van der Waals surface area contributed by atoms with E-state index in [1.165, 1.54) is 0 Å². The molecule has 4 aliphatic heterocycles. The van der Waals surface area contributed by atoms with Crippen LogP contribution in [0.3, 0.4) is 0 Å². The monoisotopic (exact) mass is 1280 g/mol. The van der Waals surface area contributed by atoms with Crippen molar-refractivity contribution in [3.05, 3.63) is 188 Å². The predicted molar refractivity (Wildman–Crippen MR) is 345 cm³/mol. The second-order valence-electron chi connectivity index (χ2n) is 23.8. The molecule has 4 aromatic heterocycles. The second kappa shape index (κ2) is 31.1. The molecule has 7 amide bonds. The number of hydrogen-bond acceptors (Lipinski definition) is 16. The van der Waals surface area contributed by atoms with Gasteiger partial charge in [-0.1, -0.05) is 76.9 Å². The minimum Gasteiger partial charge on any atom is -0.343 e. The number of benzene rings is 4. The van der Waals surface area contributed by atoms with Crippen molar-refractivity contribution >= 4 is 47.1 Å². The van der Waals surface area contributed by atoms with Crippen LogP contribution in [0, 0.1) is 55.4 Å². The SMILES string of the molecule is Cc1ccc(C(=O)NCC(=O)N2CCn3c(C)nnc3C2)cc1.Cc1cccc(C(=O)CCCC(=O)N2CCn3c(C)nnc3C2)c1.Cc1cccc(C(=O)NCC(=O)N2CCn3c(C)nnc3C2)c1.Cc1cccc(C(=O)N[C@@H](C)C(=O)N2CCn3c(C)nnc3C2)c1. The van der Waals surface area contributed by atoms with Gasteiger partial charge in [0.25, 0.3) is 17.7 Å². The van der Waals surface area contributed by atoms with Crippen molar-refractivity contribution in [3.8, 4) is 0 Å². The Morgan fingerprint density at radius 1 is 0.383 bits per heavy atom. The van der Waals surface area contributed by atoms with Gasteiger partial charge in [0.15, 0.2) is 29.1 Å². The summed E-state index contributed by atoms with van der Waals surface area (Å²) in [6.07, 6.45) is 1.37. The molecule has 8 aromatic rings. The summed E-state index contributed by atoms with van der Waals surface area (Å²) >= 11 is 0. The number of carbonyl (C=O) groups is 8. The van der Waals surface area contributed by atoms with Crippen molar-refractivity contribution < 1.29 is 38.4 Å². The Morgan fingerprint density at radius 3 is 1.17 bits per heavy atom. The average molecular weight is 1280 g/mol. The smallest absolute Gasteiger partial charge is 0.251 e. The largest absolute Gasteiger partial charge is 0.343 e. The van der Waals surface area contributed by atoms with Gasteiger partial charge in [-0.2, -0.15) is 0 Å². The van der Waals surface area contributed by atoms with E-state index in [-0.39, 0.29) is 60.2 Å². The molecule has 0 aliphatic carbocycles. The van der Waals surface area contributed by atoms with Crippen LogP contribution < -0.4 is 16.0 Å². The fourth-order valence-electron chi connectivity index (χ4n) is 11.2. The van der Waals surface area contributed by atoms with E-state index < -0.39 is 6.04 Å². The van der Waals surface area contributed by atoms with E-state index in [1.807, 2.05) is 134 Å². The van der Waals surface area contributed by atoms with Crippen molar-refractivity contribution in [1.29, 1.82) is 0 Å². The molecule has 0 radical (unpaired) electrons. The molecule has 12 rings (SSSR count). The number of Topliss-reactive ketones (excluding diaryl/α,β-unsaturated/α-hetero) is 1. The van der Waals surface area contributed by atoms with Gasteiger partial charge in [0.05, 0.1) is 39.3 Å². The van der Waals surface area contributed by atoms with Crippen LogP contribution in [0.5, 0.6) is 0 Å². The van der Waals surface area contributed by atoms with Gasteiger partial charge < -0.3 is 53.8 Å². The maximum atomic E-state index is 12.6. The highest BCUT2D eigenvalue weighted by Crippen LogP contribution is 2.19. The zero-order valence-electron chi connectivity index (χ0n) is 54.8. The summed E-state index contributed by atoms with van der Waals surface area (Å²) in [5.41, 5.74) is 6.58. The molecule has 94 heavy (non-hydrogen) atoms. The highest BCUT2D eigenvalue weighted by molar-refractivity contribution is 5.99. The third-order valence-electron chi connectivity index (χ3n) is 16.6. The highest BCUT2D eigenvalue weighted by Gasteiger charge is 2.30. The molecule has 4 aliphatic rings. The number of nitrogens with zero attached hydrogens (tertiary/aromatic N) is 16. The molecule has 4 aromatic carbocycles. The van der Waals surface area contributed by atoms with Crippen molar-refractivity contribution in [2.75, 3.05) is 39.3 Å². The number of rotatable bonds is 14. The van der Waals surface area contributed by atoms with Crippen molar-refractivity contribution in [2.24, 2.45) is 0 Å². The van der Waals surface area contributed by atoms with E-state index in [2.05, 4.69) is 56.7 Å². The first-order valence-corrected chi connectivity index (χ1v) is 31.4. The van der Waals surface area contributed by atoms with E-state index in [4.69, 9.17) is 0 Å². The van der Waals surface area contributed by atoms with Crippen LogP contribution in [-0.4, -0.2) is 171 Å². The van der Waals surface area contributed by atoms with E-state index in [0.717, 1.165) is 81.0 Å². The van der Waals surface area contributed by atoms with Gasteiger partial charge in [0.2, 0.25) is 23.6 Å². The summed E-state index contributed by atoms with van der Waals surface area (Å²) in [5.74, 6) is 5.78. The van der Waals surface area contributed by atoms with Gasteiger partial charge >= 0.3 is 0 Å². The summed E-state index contributed by atoms with van der Waals surface area (Å²) in [7, 11) is 0. The Morgan fingerprint density at radius 2 is 0.745 bits per heavy atom. The Hall–Kier alpha value is -10.6. The minimum atomic E-state index is -0.589. The van der Waals surface area contributed by atoms with Crippen molar-refractivity contribution in [3.63, 3.8) is 0 Å². The number of ketones is 1. The van der Waals surface area contributed by atoms with Gasteiger partial charge in [-0.15, -0.1) is 40.8 Å². The molecule has 1 atom stereocenters. The molecular weight excluding hydrogens is 1200 g/mol. The summed E-state index contributed by atoms with van der Waals surface area (Å²) in [4.78, 5) is 105. The molecule has 492 valence electrons. The summed E-state index contributed by atoms with van der Waals surface area (Å²) in [6, 6.07) is 28.8. The fourth-order valence-corrected chi connectivity index (χ4v) is 11.2. The molecule has 3 N–H and O–H groups in total. The van der Waals surface area contributed by atoms with Crippen LogP contribution in [0.25, 0.3) is 0 Å². The number of aryl methyl sites for hydroxylation is 8. The molecule has 27 nitrogen and oxygen atoms in total. The van der Waals surface area contributed by atoms with Gasteiger partial charge in [-0.05, 0) is 111 Å². The third kappa shape index (κ3) is 17.5. The molecule has 0 bridgehead atoms. The van der Waals surface area contributed by atoms with Crippen LogP contribution in [0.15, 0.2) is 97.1 Å². The van der Waals surface area contributed by atoms with Gasteiger partial charge in [-0.3, -0.25) is 38.4 Å². The zero-order valence-corrected chi connectivity index (χ0v) is 54.8. The maximum Gasteiger partial charge on any atom is 0.251 e. The first kappa shape index (κ1) is 67.8. The normalized spacial score (nSPS) is 13.9. The summed E-state index contributed by atoms with van der Waals surface area (Å²) < 4.78 is 8.08. The number of nitrogens with one attached hydrogen (secondary N) is 3. The number of hydrogen-bond donors (Lipinski definition) is 3. The molecule has 0 saturated carbocycles. The number of carbonyl (C=O) groups excluding carboxylic acids is 8. The average Bonchev–Trinajstić information content (AvgIpc) is 1.68. The Balaban J connectivity index is 0.000000148. The number of aromatic nitrogens is 12. The summed E-state index contributed by atoms with van der Waals surface area (Å²) in [6.45, 7) is 24.1. The van der Waals surface area contributed by atoms with Crippen LogP contribution >= 0.6 is 0 Å². The second-order valence-corrected chi connectivity index (χ2v) is 23.8. The molecular formula is C67H81N19O8. The number of fused-ring (bicyclic) bond motifs is 4. The van der Waals surface area contributed by atoms with Gasteiger partial charge in [0.1, 0.15) is 29.3 Å². The lowest BCUT2D eigenvalue weighted by Gasteiger charge is -2.30. The van der Waals surface area contributed by atoms with E-state index in [9.17, 15) is 38.4 Å². The molecule has 27 heteroatoms. The summed E-state index contributed by atoms with van der Waals surface area (Å²) in [5, 5.41) is 40.6. The first-order valence-electron chi connectivity index (χ1n) is 31.4. The highest BCUT2D eigenvalue weighted by atomic mass is 16.2. The van der Waals surface area contributed by atoms with E-state index in [1.54, 1.807) is 62.9 Å². The lowest BCUT2D eigenvalue weighted by Crippen LogP contribution is -2.49. The Kier molecular flexibility index (Phi) is 22.5. The molecule has 8 heterocycles. The minimum absolute atomic E-state index is 0.0140. The molecule has 0 fully saturated rings.